The average Bonchev–Trinajstić information content (AvgIpc) is 2.97. The molecule has 4 rings (SSSR count). The Hall–Kier alpha value is -1.33. The summed E-state index contributed by atoms with van der Waals surface area (Å²) in [5.74, 6) is 0. The first-order valence-electron chi connectivity index (χ1n) is 6.07. The zero-order chi connectivity index (χ0) is 12.4. The van der Waals surface area contributed by atoms with Gasteiger partial charge in [0.2, 0.25) is 10.0 Å². The lowest BCUT2D eigenvalue weighted by Gasteiger charge is -2.38. The fourth-order valence-corrected chi connectivity index (χ4v) is 4.49. The SMILES string of the molecule is O=S(=O)(c1cccc2ccoc12)N1CC2(CC2)C1. The van der Waals surface area contributed by atoms with Gasteiger partial charge in [-0.25, -0.2) is 8.42 Å². The van der Waals surface area contributed by atoms with Crippen molar-refractivity contribution in [2.24, 2.45) is 5.41 Å². The summed E-state index contributed by atoms with van der Waals surface area (Å²) >= 11 is 0. The molecule has 0 radical (unpaired) electrons. The Morgan fingerprint density at radius 2 is 1.94 bits per heavy atom. The zero-order valence-electron chi connectivity index (χ0n) is 9.80. The molecule has 2 aromatic rings. The van der Waals surface area contributed by atoms with Crippen LogP contribution in [0, 0.1) is 5.41 Å². The lowest BCUT2D eigenvalue weighted by atomic mass is 10.0. The maximum atomic E-state index is 12.5. The van der Waals surface area contributed by atoms with Crippen molar-refractivity contribution in [2.75, 3.05) is 13.1 Å². The van der Waals surface area contributed by atoms with Crippen molar-refractivity contribution in [3.63, 3.8) is 0 Å². The van der Waals surface area contributed by atoms with Crippen LogP contribution in [0.3, 0.4) is 0 Å². The van der Waals surface area contributed by atoms with E-state index in [0.717, 1.165) is 5.39 Å². The molecule has 1 aromatic heterocycles. The first kappa shape index (κ1) is 10.6. The fraction of sp³-hybridized carbons (Fsp3) is 0.385. The summed E-state index contributed by atoms with van der Waals surface area (Å²) in [7, 11) is -3.39. The van der Waals surface area contributed by atoms with Gasteiger partial charge in [0.1, 0.15) is 4.90 Å². The molecule has 0 amide bonds. The summed E-state index contributed by atoms with van der Waals surface area (Å²) in [6.07, 6.45) is 3.87. The number of rotatable bonds is 2. The molecule has 1 aliphatic heterocycles. The fourth-order valence-electron chi connectivity index (χ4n) is 2.67. The van der Waals surface area contributed by atoms with E-state index in [9.17, 15) is 8.42 Å². The Morgan fingerprint density at radius 1 is 1.17 bits per heavy atom. The van der Waals surface area contributed by atoms with Crippen LogP contribution in [0.4, 0.5) is 0 Å². The standard InChI is InChI=1S/C13H13NO3S/c15-18(16,14-8-13(9-14)5-6-13)11-3-1-2-10-4-7-17-12(10)11/h1-4,7H,5-6,8-9H2. The Labute approximate surface area is 105 Å². The normalized spacial score (nSPS) is 22.2. The van der Waals surface area contributed by atoms with Crippen molar-refractivity contribution in [1.29, 1.82) is 0 Å². The van der Waals surface area contributed by atoms with E-state index in [-0.39, 0.29) is 0 Å². The van der Waals surface area contributed by atoms with Crippen molar-refractivity contribution in [3.8, 4) is 0 Å². The third kappa shape index (κ3) is 1.31. The van der Waals surface area contributed by atoms with Gasteiger partial charge in [0.15, 0.2) is 5.58 Å². The summed E-state index contributed by atoms with van der Waals surface area (Å²) in [6.45, 7) is 1.35. The predicted molar refractivity (Wildman–Crippen MR) is 66.6 cm³/mol. The van der Waals surface area contributed by atoms with Gasteiger partial charge in [-0.15, -0.1) is 0 Å². The third-order valence-electron chi connectivity index (χ3n) is 4.04. The van der Waals surface area contributed by atoms with Crippen LogP contribution in [0.2, 0.25) is 0 Å². The minimum Gasteiger partial charge on any atom is -0.463 e. The van der Waals surface area contributed by atoms with Crippen LogP contribution in [0.15, 0.2) is 39.8 Å². The minimum atomic E-state index is -3.39. The van der Waals surface area contributed by atoms with Gasteiger partial charge < -0.3 is 4.42 Å². The summed E-state index contributed by atoms with van der Waals surface area (Å²) in [5, 5.41) is 0.831. The number of sulfonamides is 1. The van der Waals surface area contributed by atoms with E-state index in [1.165, 1.54) is 19.1 Å². The monoisotopic (exact) mass is 263 g/mol. The highest BCUT2D eigenvalue weighted by Gasteiger charge is 2.56. The van der Waals surface area contributed by atoms with E-state index >= 15 is 0 Å². The second-order valence-corrected chi connectivity index (χ2v) is 7.27. The van der Waals surface area contributed by atoms with Gasteiger partial charge in [-0.3, -0.25) is 0 Å². The molecule has 0 unspecified atom stereocenters. The van der Waals surface area contributed by atoms with E-state index in [1.807, 2.05) is 6.07 Å². The molecule has 1 saturated heterocycles. The second-order valence-electron chi connectivity index (χ2n) is 5.37. The number of fused-ring (bicyclic) bond motifs is 1. The van der Waals surface area contributed by atoms with E-state index in [0.29, 0.717) is 29.0 Å². The molecule has 18 heavy (non-hydrogen) atoms. The maximum absolute atomic E-state index is 12.5. The van der Waals surface area contributed by atoms with Gasteiger partial charge in [0.05, 0.1) is 6.26 Å². The lowest BCUT2D eigenvalue weighted by Crippen LogP contribution is -2.51. The number of hydrogen-bond donors (Lipinski definition) is 0. The molecule has 0 bridgehead atoms. The zero-order valence-corrected chi connectivity index (χ0v) is 10.6. The van der Waals surface area contributed by atoms with E-state index in [1.54, 1.807) is 22.5 Å². The molecule has 0 N–H and O–H groups in total. The van der Waals surface area contributed by atoms with E-state index in [4.69, 9.17) is 4.42 Å². The highest BCUT2D eigenvalue weighted by molar-refractivity contribution is 7.89. The average molecular weight is 263 g/mol. The van der Waals surface area contributed by atoms with Gasteiger partial charge in [0, 0.05) is 18.5 Å². The number of benzene rings is 1. The predicted octanol–water partition coefficient (Wildman–Crippen LogP) is 2.22. The maximum Gasteiger partial charge on any atom is 0.246 e. The summed E-state index contributed by atoms with van der Waals surface area (Å²) in [4.78, 5) is 0.292. The molecule has 0 atom stereocenters. The van der Waals surface area contributed by atoms with Gasteiger partial charge in [-0.1, -0.05) is 12.1 Å². The molecule has 1 aromatic carbocycles. The molecule has 94 valence electrons. The van der Waals surface area contributed by atoms with Crippen LogP contribution in [0.25, 0.3) is 11.0 Å². The minimum absolute atomic E-state index is 0.292. The van der Waals surface area contributed by atoms with Gasteiger partial charge in [-0.05, 0) is 30.4 Å². The van der Waals surface area contributed by atoms with Crippen LogP contribution in [0.1, 0.15) is 12.8 Å². The van der Waals surface area contributed by atoms with Crippen LogP contribution < -0.4 is 0 Å². The van der Waals surface area contributed by atoms with Crippen LogP contribution in [-0.2, 0) is 10.0 Å². The van der Waals surface area contributed by atoms with E-state index < -0.39 is 10.0 Å². The Balaban J connectivity index is 1.79. The van der Waals surface area contributed by atoms with Crippen LogP contribution in [0.5, 0.6) is 0 Å². The lowest BCUT2D eigenvalue weighted by molar-refractivity contribution is 0.178. The molecule has 2 aliphatic rings. The Morgan fingerprint density at radius 3 is 2.67 bits per heavy atom. The van der Waals surface area contributed by atoms with Crippen molar-refractivity contribution in [3.05, 3.63) is 30.5 Å². The van der Waals surface area contributed by atoms with Gasteiger partial charge in [0.25, 0.3) is 0 Å². The summed E-state index contributed by atoms with van der Waals surface area (Å²) in [6, 6.07) is 7.03. The molecule has 2 fully saturated rings. The summed E-state index contributed by atoms with van der Waals surface area (Å²) < 4.78 is 31.9. The number of nitrogens with zero attached hydrogens (tertiary/aromatic N) is 1. The van der Waals surface area contributed by atoms with Gasteiger partial charge >= 0.3 is 0 Å². The molecule has 5 heteroatoms. The summed E-state index contributed by atoms with van der Waals surface area (Å²) in [5.41, 5.74) is 0.790. The topological polar surface area (TPSA) is 50.5 Å². The highest BCUT2D eigenvalue weighted by Crippen LogP contribution is 2.54. The van der Waals surface area contributed by atoms with Crippen LogP contribution >= 0.6 is 0 Å². The van der Waals surface area contributed by atoms with Gasteiger partial charge in [-0.2, -0.15) is 4.31 Å². The van der Waals surface area contributed by atoms with Crippen molar-refractivity contribution in [2.45, 2.75) is 17.7 Å². The van der Waals surface area contributed by atoms with Crippen molar-refractivity contribution >= 4 is 21.0 Å². The second kappa shape index (κ2) is 3.16. The Kier molecular flexibility index (Phi) is 1.86. The first-order chi connectivity index (χ1) is 8.61. The van der Waals surface area contributed by atoms with E-state index in [2.05, 4.69) is 0 Å². The molecule has 1 spiro atoms. The number of furan rings is 1. The molecule has 1 saturated carbocycles. The smallest absolute Gasteiger partial charge is 0.246 e. The highest BCUT2D eigenvalue weighted by atomic mass is 32.2. The molecular formula is C13H13NO3S. The largest absolute Gasteiger partial charge is 0.463 e. The molecule has 1 aliphatic carbocycles. The van der Waals surface area contributed by atoms with Crippen LogP contribution in [-0.4, -0.2) is 25.8 Å². The van der Waals surface area contributed by atoms with Crippen molar-refractivity contribution in [1.82, 2.24) is 4.31 Å². The molecular weight excluding hydrogens is 250 g/mol. The Bertz CT molecular complexity index is 720. The quantitative estimate of drug-likeness (QED) is 0.834. The van der Waals surface area contributed by atoms with Crippen molar-refractivity contribution < 1.29 is 12.8 Å². The molecule has 4 nitrogen and oxygen atoms in total. The number of para-hydroxylation sites is 1. The first-order valence-corrected chi connectivity index (χ1v) is 7.51. The third-order valence-corrected chi connectivity index (χ3v) is 5.86. The molecule has 2 heterocycles. The number of hydrogen-bond acceptors (Lipinski definition) is 3.